The van der Waals surface area contributed by atoms with E-state index in [1.807, 2.05) is 0 Å². The van der Waals surface area contributed by atoms with E-state index in [0.717, 1.165) is 38.1 Å². The lowest BCUT2D eigenvalue weighted by molar-refractivity contribution is -0.137. The van der Waals surface area contributed by atoms with Crippen molar-refractivity contribution in [3.8, 4) is 0 Å². The highest BCUT2D eigenvalue weighted by Gasteiger charge is 2.30. The Kier molecular flexibility index (Phi) is 3.92. The number of hydrogen-bond acceptors (Lipinski definition) is 3. The Morgan fingerprint density at radius 3 is 2.79 bits per heavy atom. The molecule has 2 rings (SSSR count). The van der Waals surface area contributed by atoms with Crippen LogP contribution in [0.2, 0.25) is 0 Å². The number of nitrogens with zero attached hydrogens (tertiary/aromatic N) is 2. The van der Waals surface area contributed by atoms with Crippen LogP contribution in [0.15, 0.2) is 18.3 Å². The van der Waals surface area contributed by atoms with E-state index >= 15 is 0 Å². The number of anilines is 1. The molecule has 1 aliphatic rings. The number of aromatic nitrogens is 1. The lowest BCUT2D eigenvalue weighted by atomic mass is 10.1. The van der Waals surface area contributed by atoms with Gasteiger partial charge in [-0.25, -0.2) is 4.98 Å². The largest absolute Gasteiger partial charge is 0.417 e. The number of pyridine rings is 1. The van der Waals surface area contributed by atoms with Crippen LogP contribution < -0.4 is 5.32 Å². The number of hydrogen-bond donors (Lipinski definition) is 1. The minimum absolute atomic E-state index is 0.0307. The Labute approximate surface area is 108 Å². The van der Waals surface area contributed by atoms with Gasteiger partial charge in [-0.1, -0.05) is 0 Å². The highest BCUT2D eigenvalue weighted by Crippen LogP contribution is 2.29. The van der Waals surface area contributed by atoms with Gasteiger partial charge in [0.15, 0.2) is 0 Å². The standard InChI is InChI=1S/C12H14F3N3O/c13-12(14,15)9-3-4-11(16-6-9)17-10-2-1-5-18(7-10)8-19/h3-4,6,8,10H,1-2,5,7H2,(H,16,17). The summed E-state index contributed by atoms with van der Waals surface area (Å²) in [7, 11) is 0. The van der Waals surface area contributed by atoms with E-state index in [4.69, 9.17) is 0 Å². The molecular weight excluding hydrogens is 259 g/mol. The molecule has 1 aromatic rings. The Hall–Kier alpha value is -1.79. The summed E-state index contributed by atoms with van der Waals surface area (Å²) in [6.07, 6.45) is -1.04. The molecule has 1 saturated heterocycles. The number of carbonyl (C=O) groups is 1. The molecule has 1 atom stereocenters. The molecule has 1 N–H and O–H groups in total. The number of rotatable bonds is 3. The van der Waals surface area contributed by atoms with Gasteiger partial charge >= 0.3 is 6.18 Å². The maximum absolute atomic E-state index is 12.4. The first-order valence-corrected chi connectivity index (χ1v) is 5.98. The Balaban J connectivity index is 1.98. The van der Waals surface area contributed by atoms with E-state index in [2.05, 4.69) is 10.3 Å². The highest BCUT2D eigenvalue weighted by atomic mass is 19.4. The topological polar surface area (TPSA) is 45.2 Å². The van der Waals surface area contributed by atoms with Crippen LogP contribution >= 0.6 is 0 Å². The summed E-state index contributed by atoms with van der Waals surface area (Å²) in [5, 5.41) is 3.04. The zero-order chi connectivity index (χ0) is 13.9. The lowest BCUT2D eigenvalue weighted by Crippen LogP contribution is -2.41. The second-order valence-electron chi connectivity index (χ2n) is 4.51. The second kappa shape index (κ2) is 5.46. The van der Waals surface area contributed by atoms with Crippen LogP contribution in [0.25, 0.3) is 0 Å². The highest BCUT2D eigenvalue weighted by molar-refractivity contribution is 5.48. The summed E-state index contributed by atoms with van der Waals surface area (Å²) in [5.74, 6) is 0.394. The predicted molar refractivity (Wildman–Crippen MR) is 63.5 cm³/mol. The zero-order valence-corrected chi connectivity index (χ0v) is 10.2. The summed E-state index contributed by atoms with van der Waals surface area (Å²) in [4.78, 5) is 16.1. The third-order valence-electron chi connectivity index (χ3n) is 3.04. The average molecular weight is 273 g/mol. The molecule has 1 amide bonds. The molecule has 104 valence electrons. The molecule has 0 bridgehead atoms. The fourth-order valence-electron chi connectivity index (χ4n) is 2.08. The maximum Gasteiger partial charge on any atom is 0.417 e. The molecule has 4 nitrogen and oxygen atoms in total. The van der Waals surface area contributed by atoms with E-state index in [-0.39, 0.29) is 6.04 Å². The number of likely N-dealkylation sites (tertiary alicyclic amines) is 1. The molecule has 0 saturated carbocycles. The summed E-state index contributed by atoms with van der Waals surface area (Å²) in [5.41, 5.74) is -0.767. The second-order valence-corrected chi connectivity index (χ2v) is 4.51. The fourth-order valence-corrected chi connectivity index (χ4v) is 2.08. The van der Waals surface area contributed by atoms with Crippen molar-refractivity contribution in [2.75, 3.05) is 18.4 Å². The lowest BCUT2D eigenvalue weighted by Gasteiger charge is -2.30. The van der Waals surface area contributed by atoms with Crippen molar-refractivity contribution in [3.63, 3.8) is 0 Å². The van der Waals surface area contributed by atoms with Crippen molar-refractivity contribution in [3.05, 3.63) is 23.9 Å². The molecule has 2 heterocycles. The molecule has 7 heteroatoms. The first-order valence-electron chi connectivity index (χ1n) is 5.98. The van der Waals surface area contributed by atoms with Gasteiger partial charge in [0.1, 0.15) is 5.82 Å². The van der Waals surface area contributed by atoms with Gasteiger partial charge in [-0.15, -0.1) is 0 Å². The van der Waals surface area contributed by atoms with Gasteiger partial charge in [0.25, 0.3) is 0 Å². The first kappa shape index (κ1) is 13.6. The minimum atomic E-state index is -4.37. The van der Waals surface area contributed by atoms with Gasteiger partial charge in [-0.05, 0) is 25.0 Å². The first-order chi connectivity index (χ1) is 8.99. The average Bonchev–Trinajstić information content (AvgIpc) is 2.38. The van der Waals surface area contributed by atoms with Crippen molar-refractivity contribution in [2.45, 2.75) is 25.1 Å². The smallest absolute Gasteiger partial charge is 0.366 e. The van der Waals surface area contributed by atoms with Crippen molar-refractivity contribution >= 4 is 12.2 Å². The summed E-state index contributed by atoms with van der Waals surface area (Å²) >= 11 is 0. The molecule has 1 aliphatic heterocycles. The molecule has 0 aromatic carbocycles. The van der Waals surface area contributed by atoms with Crippen LogP contribution in [-0.2, 0) is 11.0 Å². The SMILES string of the molecule is O=CN1CCCC(Nc2ccc(C(F)(F)F)cn2)C1. The van der Waals surface area contributed by atoms with Gasteiger partial charge in [0.05, 0.1) is 5.56 Å². The minimum Gasteiger partial charge on any atom is -0.366 e. The van der Waals surface area contributed by atoms with Crippen LogP contribution in [0.3, 0.4) is 0 Å². The van der Waals surface area contributed by atoms with Gasteiger partial charge in [-0.3, -0.25) is 4.79 Å². The molecule has 1 aromatic heterocycles. The number of halogens is 3. The third kappa shape index (κ3) is 3.59. The van der Waals surface area contributed by atoms with Crippen LogP contribution in [0, 0.1) is 0 Å². The summed E-state index contributed by atoms with van der Waals surface area (Å²) in [6.45, 7) is 1.27. The molecule has 1 fully saturated rings. The zero-order valence-electron chi connectivity index (χ0n) is 10.2. The van der Waals surface area contributed by atoms with E-state index in [9.17, 15) is 18.0 Å². The molecule has 19 heavy (non-hydrogen) atoms. The van der Waals surface area contributed by atoms with Crippen LogP contribution in [-0.4, -0.2) is 35.4 Å². The van der Waals surface area contributed by atoms with Crippen LogP contribution in [0.1, 0.15) is 18.4 Å². The van der Waals surface area contributed by atoms with Crippen LogP contribution in [0.4, 0.5) is 19.0 Å². The molecule has 0 radical (unpaired) electrons. The number of piperidine rings is 1. The normalized spacial score (nSPS) is 20.2. The van der Waals surface area contributed by atoms with E-state index < -0.39 is 11.7 Å². The van der Waals surface area contributed by atoms with E-state index in [0.29, 0.717) is 12.4 Å². The maximum atomic E-state index is 12.4. The monoisotopic (exact) mass is 273 g/mol. The predicted octanol–water partition coefficient (Wildman–Crippen LogP) is 2.13. The summed E-state index contributed by atoms with van der Waals surface area (Å²) < 4.78 is 37.1. The Morgan fingerprint density at radius 1 is 1.42 bits per heavy atom. The van der Waals surface area contributed by atoms with Gasteiger partial charge in [-0.2, -0.15) is 13.2 Å². The molecule has 0 aliphatic carbocycles. The van der Waals surface area contributed by atoms with Gasteiger partial charge in [0.2, 0.25) is 6.41 Å². The molecule has 0 spiro atoms. The fraction of sp³-hybridized carbons (Fsp3) is 0.500. The van der Waals surface area contributed by atoms with Gasteiger partial charge in [0, 0.05) is 25.3 Å². The Morgan fingerprint density at radius 2 is 2.21 bits per heavy atom. The number of amides is 1. The van der Waals surface area contributed by atoms with E-state index in [1.54, 1.807) is 4.90 Å². The number of alkyl halides is 3. The summed E-state index contributed by atoms with van der Waals surface area (Å²) in [6, 6.07) is 2.33. The number of carbonyl (C=O) groups excluding carboxylic acids is 1. The van der Waals surface area contributed by atoms with Crippen molar-refractivity contribution < 1.29 is 18.0 Å². The molecular formula is C12H14F3N3O. The van der Waals surface area contributed by atoms with Crippen molar-refractivity contribution in [2.24, 2.45) is 0 Å². The van der Waals surface area contributed by atoms with Crippen molar-refractivity contribution in [1.29, 1.82) is 0 Å². The number of nitrogens with one attached hydrogen (secondary N) is 1. The third-order valence-corrected chi connectivity index (χ3v) is 3.04. The van der Waals surface area contributed by atoms with E-state index in [1.165, 1.54) is 6.07 Å². The van der Waals surface area contributed by atoms with Crippen LogP contribution in [0.5, 0.6) is 0 Å². The van der Waals surface area contributed by atoms with Gasteiger partial charge < -0.3 is 10.2 Å². The molecule has 1 unspecified atom stereocenters. The van der Waals surface area contributed by atoms with Crippen molar-refractivity contribution in [1.82, 2.24) is 9.88 Å². The Bertz CT molecular complexity index is 433. The quantitative estimate of drug-likeness (QED) is 0.858.